The zero-order chi connectivity index (χ0) is 8.55. The van der Waals surface area contributed by atoms with E-state index >= 15 is 0 Å². The van der Waals surface area contributed by atoms with E-state index in [0.29, 0.717) is 6.10 Å². The fourth-order valence-electron chi connectivity index (χ4n) is 2.84. The van der Waals surface area contributed by atoms with Crippen LogP contribution in [0, 0.1) is 5.92 Å². The van der Waals surface area contributed by atoms with Gasteiger partial charge in [-0.05, 0) is 45.2 Å². The molecule has 1 saturated carbocycles. The van der Waals surface area contributed by atoms with E-state index in [-0.39, 0.29) is 0 Å². The molecule has 0 aromatic heterocycles. The molecule has 0 radical (unpaired) electrons. The highest BCUT2D eigenvalue weighted by molar-refractivity contribution is 4.90. The summed E-state index contributed by atoms with van der Waals surface area (Å²) in [5.41, 5.74) is 0. The van der Waals surface area contributed by atoms with Crippen molar-refractivity contribution in [2.75, 3.05) is 20.7 Å². The van der Waals surface area contributed by atoms with E-state index < -0.39 is 0 Å². The van der Waals surface area contributed by atoms with Crippen molar-refractivity contribution in [1.29, 1.82) is 0 Å². The number of likely N-dealkylation sites (tertiary alicyclic amines) is 1. The normalized spacial score (nSPS) is 43.0. The van der Waals surface area contributed by atoms with Gasteiger partial charge in [-0.3, -0.25) is 0 Å². The van der Waals surface area contributed by atoms with Crippen LogP contribution < -0.4 is 0 Å². The van der Waals surface area contributed by atoms with Gasteiger partial charge in [-0.1, -0.05) is 0 Å². The largest absolute Gasteiger partial charge is 0.381 e. The Morgan fingerprint density at radius 3 is 2.83 bits per heavy atom. The summed E-state index contributed by atoms with van der Waals surface area (Å²) in [7, 11) is 4.11. The molecule has 0 aromatic rings. The third kappa shape index (κ3) is 1.38. The van der Waals surface area contributed by atoms with Gasteiger partial charge in [0.05, 0.1) is 6.10 Å². The lowest BCUT2D eigenvalue weighted by molar-refractivity contribution is 0.0350. The molecule has 3 unspecified atom stereocenters. The van der Waals surface area contributed by atoms with Crippen molar-refractivity contribution in [2.24, 2.45) is 5.92 Å². The third-order valence-corrected chi connectivity index (χ3v) is 3.65. The predicted octanol–water partition coefficient (Wildman–Crippen LogP) is 1.51. The van der Waals surface area contributed by atoms with Gasteiger partial charge in [0.25, 0.3) is 0 Å². The number of rotatable bonds is 1. The van der Waals surface area contributed by atoms with Crippen LogP contribution in [0.3, 0.4) is 0 Å². The van der Waals surface area contributed by atoms with E-state index in [4.69, 9.17) is 4.74 Å². The fourth-order valence-corrected chi connectivity index (χ4v) is 2.84. The molecule has 1 saturated heterocycles. The molecule has 0 spiro atoms. The molecule has 3 atom stereocenters. The Morgan fingerprint density at radius 2 is 2.08 bits per heavy atom. The van der Waals surface area contributed by atoms with Gasteiger partial charge in [0.1, 0.15) is 0 Å². The summed E-state index contributed by atoms with van der Waals surface area (Å²) >= 11 is 0. The molecule has 0 bridgehead atoms. The topological polar surface area (TPSA) is 12.5 Å². The Bertz CT molecular complexity index is 160. The number of methoxy groups -OCH3 is 1. The van der Waals surface area contributed by atoms with Crippen molar-refractivity contribution in [3.05, 3.63) is 0 Å². The number of hydrogen-bond acceptors (Lipinski definition) is 2. The van der Waals surface area contributed by atoms with Gasteiger partial charge >= 0.3 is 0 Å². The standard InChI is InChI=1S/C10H19NO/c1-11-6-5-8-7-9(12-2)3-4-10(8)11/h8-10H,3-7H2,1-2H3. The molecule has 0 amide bonds. The Balaban J connectivity index is 1.95. The average molecular weight is 169 g/mol. The van der Waals surface area contributed by atoms with Gasteiger partial charge in [-0.25, -0.2) is 0 Å². The lowest BCUT2D eigenvalue weighted by Gasteiger charge is -2.33. The lowest BCUT2D eigenvalue weighted by atomic mass is 9.83. The van der Waals surface area contributed by atoms with Crippen molar-refractivity contribution < 1.29 is 4.74 Å². The van der Waals surface area contributed by atoms with E-state index in [1.54, 1.807) is 0 Å². The minimum absolute atomic E-state index is 0.553. The van der Waals surface area contributed by atoms with Gasteiger partial charge in [0.15, 0.2) is 0 Å². The van der Waals surface area contributed by atoms with Crippen LogP contribution in [0.2, 0.25) is 0 Å². The van der Waals surface area contributed by atoms with Gasteiger partial charge in [-0.15, -0.1) is 0 Å². The first-order valence-corrected chi connectivity index (χ1v) is 5.04. The summed E-state index contributed by atoms with van der Waals surface area (Å²) in [6.07, 6.45) is 5.85. The van der Waals surface area contributed by atoms with Crippen LogP contribution in [-0.2, 0) is 4.74 Å². The minimum atomic E-state index is 0.553. The summed E-state index contributed by atoms with van der Waals surface area (Å²) in [5.74, 6) is 0.925. The second-order valence-corrected chi connectivity index (χ2v) is 4.27. The second-order valence-electron chi connectivity index (χ2n) is 4.27. The molecular weight excluding hydrogens is 150 g/mol. The molecule has 0 aromatic carbocycles. The maximum Gasteiger partial charge on any atom is 0.0575 e. The molecule has 1 aliphatic carbocycles. The number of fused-ring (bicyclic) bond motifs is 1. The molecule has 1 heterocycles. The predicted molar refractivity (Wildman–Crippen MR) is 49.2 cm³/mol. The smallest absolute Gasteiger partial charge is 0.0575 e. The SMILES string of the molecule is COC1CCC2C(CCN2C)C1. The molecule has 2 nitrogen and oxygen atoms in total. The summed E-state index contributed by atoms with van der Waals surface area (Å²) < 4.78 is 5.42. The number of nitrogens with zero attached hydrogens (tertiary/aromatic N) is 1. The minimum Gasteiger partial charge on any atom is -0.381 e. The second kappa shape index (κ2) is 3.35. The molecule has 0 N–H and O–H groups in total. The maximum absolute atomic E-state index is 5.42. The number of ether oxygens (including phenoxy) is 1. The lowest BCUT2D eigenvalue weighted by Crippen LogP contribution is -2.36. The number of hydrogen-bond donors (Lipinski definition) is 0. The molecular formula is C10H19NO. The van der Waals surface area contributed by atoms with Crippen molar-refractivity contribution in [1.82, 2.24) is 4.90 Å². The van der Waals surface area contributed by atoms with E-state index in [2.05, 4.69) is 11.9 Å². The first-order chi connectivity index (χ1) is 5.81. The Labute approximate surface area is 74.9 Å². The Kier molecular flexibility index (Phi) is 2.37. The highest BCUT2D eigenvalue weighted by Gasteiger charge is 2.36. The van der Waals surface area contributed by atoms with E-state index in [1.165, 1.54) is 32.2 Å². The van der Waals surface area contributed by atoms with Crippen LogP contribution in [-0.4, -0.2) is 37.7 Å². The zero-order valence-electron chi connectivity index (χ0n) is 8.12. The van der Waals surface area contributed by atoms with Crippen molar-refractivity contribution in [3.8, 4) is 0 Å². The van der Waals surface area contributed by atoms with Gasteiger partial charge in [0.2, 0.25) is 0 Å². The van der Waals surface area contributed by atoms with Crippen LogP contribution in [0.25, 0.3) is 0 Å². The van der Waals surface area contributed by atoms with E-state index in [9.17, 15) is 0 Å². The van der Waals surface area contributed by atoms with Crippen LogP contribution in [0.15, 0.2) is 0 Å². The highest BCUT2D eigenvalue weighted by Crippen LogP contribution is 2.36. The summed E-state index contributed by atoms with van der Waals surface area (Å²) in [5, 5.41) is 0. The molecule has 12 heavy (non-hydrogen) atoms. The van der Waals surface area contributed by atoms with Crippen LogP contribution >= 0.6 is 0 Å². The van der Waals surface area contributed by atoms with Crippen LogP contribution in [0.1, 0.15) is 25.7 Å². The molecule has 70 valence electrons. The maximum atomic E-state index is 5.42. The highest BCUT2D eigenvalue weighted by atomic mass is 16.5. The van der Waals surface area contributed by atoms with E-state index in [0.717, 1.165) is 12.0 Å². The quantitative estimate of drug-likeness (QED) is 0.590. The molecule has 2 fully saturated rings. The average Bonchev–Trinajstić information content (AvgIpc) is 2.47. The van der Waals surface area contributed by atoms with Crippen LogP contribution in [0.4, 0.5) is 0 Å². The zero-order valence-corrected chi connectivity index (χ0v) is 8.12. The Morgan fingerprint density at radius 1 is 1.25 bits per heavy atom. The monoisotopic (exact) mass is 169 g/mol. The van der Waals surface area contributed by atoms with Gasteiger partial charge in [0, 0.05) is 13.2 Å². The molecule has 2 aliphatic rings. The summed E-state index contributed by atoms with van der Waals surface area (Å²) in [4.78, 5) is 2.52. The third-order valence-electron chi connectivity index (χ3n) is 3.65. The first kappa shape index (κ1) is 8.52. The van der Waals surface area contributed by atoms with E-state index in [1.807, 2.05) is 7.11 Å². The van der Waals surface area contributed by atoms with Crippen LogP contribution in [0.5, 0.6) is 0 Å². The van der Waals surface area contributed by atoms with Gasteiger partial charge in [-0.2, -0.15) is 0 Å². The van der Waals surface area contributed by atoms with Crippen molar-refractivity contribution in [3.63, 3.8) is 0 Å². The first-order valence-electron chi connectivity index (χ1n) is 5.04. The Hall–Kier alpha value is -0.0800. The van der Waals surface area contributed by atoms with Crippen molar-refractivity contribution >= 4 is 0 Å². The summed E-state index contributed by atoms with van der Waals surface area (Å²) in [6.45, 7) is 1.30. The fraction of sp³-hybridized carbons (Fsp3) is 1.00. The molecule has 2 heteroatoms. The molecule has 1 aliphatic heterocycles. The molecule has 2 rings (SSSR count). The van der Waals surface area contributed by atoms with Gasteiger partial charge < -0.3 is 9.64 Å². The summed E-state index contributed by atoms with van der Waals surface area (Å²) in [6, 6.07) is 0.872. The van der Waals surface area contributed by atoms with Crippen molar-refractivity contribution in [2.45, 2.75) is 37.8 Å².